The predicted molar refractivity (Wildman–Crippen MR) is 106 cm³/mol. The molecule has 138 valence electrons. The molecule has 2 aromatic carbocycles. The van der Waals surface area contributed by atoms with Gasteiger partial charge in [0.05, 0.1) is 0 Å². The second-order valence-electron chi connectivity index (χ2n) is 8.27. The Morgan fingerprint density at radius 3 is 2.81 bits per heavy atom. The predicted octanol–water partition coefficient (Wildman–Crippen LogP) is 3.71. The summed E-state index contributed by atoms with van der Waals surface area (Å²) < 4.78 is 0. The monoisotopic (exact) mass is 350 g/mol. The number of rotatable bonds is 5. The van der Waals surface area contributed by atoms with Crippen molar-refractivity contribution in [2.75, 3.05) is 19.6 Å². The van der Waals surface area contributed by atoms with E-state index >= 15 is 0 Å². The molecule has 0 amide bonds. The van der Waals surface area contributed by atoms with Crippen LogP contribution in [0.15, 0.2) is 48.5 Å². The Hall–Kier alpha value is -1.84. The number of benzene rings is 2. The fourth-order valence-electron chi connectivity index (χ4n) is 5.02. The van der Waals surface area contributed by atoms with E-state index in [1.54, 1.807) is 0 Å². The van der Waals surface area contributed by atoms with Crippen molar-refractivity contribution in [2.45, 2.75) is 44.7 Å². The van der Waals surface area contributed by atoms with Crippen LogP contribution >= 0.6 is 0 Å². The first-order chi connectivity index (χ1) is 12.6. The van der Waals surface area contributed by atoms with E-state index in [4.69, 9.17) is 0 Å². The number of phenolic OH excluding ortho intramolecular Hbond substituents is 1. The van der Waals surface area contributed by atoms with Crippen molar-refractivity contribution >= 4 is 0 Å². The highest BCUT2D eigenvalue weighted by Gasteiger charge is 2.48. The van der Waals surface area contributed by atoms with Crippen LogP contribution in [-0.2, 0) is 18.4 Å². The largest absolute Gasteiger partial charge is 0.508 e. The number of nitrogens with one attached hydrogen (secondary N) is 1. The van der Waals surface area contributed by atoms with Gasteiger partial charge in [0.2, 0.25) is 0 Å². The molecule has 0 unspecified atom stereocenters. The molecule has 2 bridgehead atoms. The molecular weight excluding hydrogens is 320 g/mol. The number of hydrogen-bond donors (Lipinski definition) is 2. The molecule has 3 atom stereocenters. The third kappa shape index (κ3) is 3.15. The molecule has 0 aromatic heterocycles. The van der Waals surface area contributed by atoms with Crippen LogP contribution in [0.1, 0.15) is 37.0 Å². The molecule has 2 aromatic rings. The quantitative estimate of drug-likeness (QED) is 0.807. The zero-order valence-electron chi connectivity index (χ0n) is 15.9. The summed E-state index contributed by atoms with van der Waals surface area (Å²) in [6.45, 7) is 9.01. The van der Waals surface area contributed by atoms with Gasteiger partial charge in [0.15, 0.2) is 0 Å². The van der Waals surface area contributed by atoms with Gasteiger partial charge in [0.1, 0.15) is 5.75 Å². The van der Waals surface area contributed by atoms with Gasteiger partial charge >= 0.3 is 0 Å². The molecule has 26 heavy (non-hydrogen) atoms. The van der Waals surface area contributed by atoms with Crippen molar-refractivity contribution in [2.24, 2.45) is 5.92 Å². The topological polar surface area (TPSA) is 35.5 Å². The van der Waals surface area contributed by atoms with Crippen LogP contribution in [0.25, 0.3) is 0 Å². The van der Waals surface area contributed by atoms with Gasteiger partial charge in [-0.15, -0.1) is 0 Å². The average molecular weight is 351 g/mol. The lowest BCUT2D eigenvalue weighted by Gasteiger charge is -2.54. The van der Waals surface area contributed by atoms with E-state index in [9.17, 15) is 5.11 Å². The van der Waals surface area contributed by atoms with Gasteiger partial charge in [0.25, 0.3) is 0 Å². The summed E-state index contributed by atoms with van der Waals surface area (Å²) in [5.41, 5.74) is 4.34. The number of likely N-dealkylation sites (tertiary alicyclic amines) is 1. The van der Waals surface area contributed by atoms with Crippen LogP contribution in [-0.4, -0.2) is 35.7 Å². The molecular formula is C23H30N2O. The van der Waals surface area contributed by atoms with Crippen molar-refractivity contribution in [1.82, 2.24) is 10.2 Å². The molecule has 0 radical (unpaired) electrons. The Morgan fingerprint density at radius 2 is 2.00 bits per heavy atom. The summed E-state index contributed by atoms with van der Waals surface area (Å²) in [5.74, 6) is 1.02. The number of fused-ring (bicyclic) bond motifs is 4. The van der Waals surface area contributed by atoms with E-state index in [0.717, 1.165) is 32.6 Å². The number of phenols is 1. The maximum absolute atomic E-state index is 9.96. The Morgan fingerprint density at radius 1 is 1.19 bits per heavy atom. The van der Waals surface area contributed by atoms with Crippen LogP contribution in [0, 0.1) is 5.92 Å². The minimum Gasteiger partial charge on any atom is -0.508 e. The molecule has 0 saturated carbocycles. The molecule has 1 aliphatic heterocycles. The van der Waals surface area contributed by atoms with Gasteiger partial charge in [-0.2, -0.15) is 0 Å². The van der Waals surface area contributed by atoms with Gasteiger partial charge in [0, 0.05) is 25.7 Å². The molecule has 1 fully saturated rings. The smallest absolute Gasteiger partial charge is 0.115 e. The van der Waals surface area contributed by atoms with Crippen molar-refractivity contribution in [3.8, 4) is 5.75 Å². The summed E-state index contributed by atoms with van der Waals surface area (Å²) in [6, 6.07) is 17.2. The summed E-state index contributed by atoms with van der Waals surface area (Å²) in [4.78, 5) is 2.68. The Bertz CT molecular complexity index is 760. The van der Waals surface area contributed by atoms with Crippen LogP contribution < -0.4 is 5.32 Å². The molecule has 4 rings (SSSR count). The van der Waals surface area contributed by atoms with Crippen LogP contribution in [0.5, 0.6) is 5.75 Å². The molecule has 1 heterocycles. The van der Waals surface area contributed by atoms with Crippen molar-refractivity contribution < 1.29 is 5.11 Å². The zero-order chi connectivity index (χ0) is 18.1. The SMILES string of the molecule is C[C@@H]1[C@@H]2Cc3ccc(O)cc3[C@]1(C)CCN2CCNCc1ccccc1. The molecule has 0 spiro atoms. The van der Waals surface area contributed by atoms with E-state index in [1.807, 2.05) is 12.1 Å². The van der Waals surface area contributed by atoms with Gasteiger partial charge in [-0.05, 0) is 59.5 Å². The number of piperidine rings is 1. The summed E-state index contributed by atoms with van der Waals surface area (Å²) in [6.07, 6.45) is 2.27. The van der Waals surface area contributed by atoms with Crippen molar-refractivity contribution in [3.63, 3.8) is 0 Å². The van der Waals surface area contributed by atoms with E-state index in [2.05, 4.69) is 60.5 Å². The van der Waals surface area contributed by atoms with Crippen LogP contribution in [0.3, 0.4) is 0 Å². The first-order valence-corrected chi connectivity index (χ1v) is 9.89. The molecule has 1 saturated heterocycles. The van der Waals surface area contributed by atoms with Gasteiger partial charge < -0.3 is 10.4 Å². The van der Waals surface area contributed by atoms with E-state index in [1.165, 1.54) is 23.1 Å². The lowest BCUT2D eigenvalue weighted by Crippen LogP contribution is -2.58. The lowest BCUT2D eigenvalue weighted by molar-refractivity contribution is 0.0321. The van der Waals surface area contributed by atoms with Gasteiger partial charge in [-0.1, -0.05) is 50.2 Å². The molecule has 3 heteroatoms. The number of hydrogen-bond acceptors (Lipinski definition) is 3. The van der Waals surface area contributed by atoms with E-state index in [0.29, 0.717) is 17.7 Å². The molecule has 2 N–H and O–H groups in total. The maximum Gasteiger partial charge on any atom is 0.115 e. The first kappa shape index (κ1) is 17.6. The average Bonchev–Trinajstić information content (AvgIpc) is 2.65. The fraction of sp³-hybridized carbons (Fsp3) is 0.478. The third-order valence-corrected chi connectivity index (χ3v) is 6.86. The molecule has 3 nitrogen and oxygen atoms in total. The van der Waals surface area contributed by atoms with Crippen LogP contribution in [0.4, 0.5) is 0 Å². The number of aromatic hydroxyl groups is 1. The highest BCUT2D eigenvalue weighted by atomic mass is 16.3. The molecule has 2 aliphatic rings. The maximum atomic E-state index is 9.96. The Labute approximate surface area is 157 Å². The highest BCUT2D eigenvalue weighted by molar-refractivity contribution is 5.44. The Balaban J connectivity index is 1.41. The zero-order valence-corrected chi connectivity index (χ0v) is 15.9. The van der Waals surface area contributed by atoms with E-state index < -0.39 is 0 Å². The third-order valence-electron chi connectivity index (χ3n) is 6.86. The summed E-state index contributed by atoms with van der Waals surface area (Å²) in [5, 5.41) is 13.6. The van der Waals surface area contributed by atoms with Crippen LogP contribution in [0.2, 0.25) is 0 Å². The van der Waals surface area contributed by atoms with Crippen molar-refractivity contribution in [1.29, 1.82) is 0 Å². The second-order valence-corrected chi connectivity index (χ2v) is 8.27. The fourth-order valence-corrected chi connectivity index (χ4v) is 5.02. The lowest BCUT2D eigenvalue weighted by atomic mass is 9.59. The number of nitrogens with zero attached hydrogens (tertiary/aromatic N) is 1. The van der Waals surface area contributed by atoms with Gasteiger partial charge in [-0.3, -0.25) is 4.90 Å². The van der Waals surface area contributed by atoms with Crippen molar-refractivity contribution in [3.05, 3.63) is 65.2 Å². The standard InChI is InChI=1S/C23H30N2O/c1-17-22-14-19-8-9-20(26)15-21(19)23(17,2)10-12-25(22)13-11-24-16-18-6-4-3-5-7-18/h3-9,15,17,22,24,26H,10-14,16H2,1-2H3/t17-,22+,23-/m1/s1. The first-order valence-electron chi connectivity index (χ1n) is 9.89. The highest BCUT2D eigenvalue weighted by Crippen LogP contribution is 2.49. The Kier molecular flexibility index (Phi) is 4.76. The normalized spacial score (nSPS) is 27.9. The minimum absolute atomic E-state index is 0.185. The summed E-state index contributed by atoms with van der Waals surface area (Å²) >= 11 is 0. The second kappa shape index (κ2) is 7.05. The molecule has 1 aliphatic carbocycles. The van der Waals surface area contributed by atoms with E-state index in [-0.39, 0.29) is 5.41 Å². The minimum atomic E-state index is 0.185. The summed E-state index contributed by atoms with van der Waals surface area (Å²) in [7, 11) is 0. The van der Waals surface area contributed by atoms with Gasteiger partial charge in [-0.25, -0.2) is 0 Å².